The topological polar surface area (TPSA) is 101 Å². The zero-order valence-electron chi connectivity index (χ0n) is 18.6. The fraction of sp³-hybridized carbons (Fsp3) is 0.240. The number of benzene rings is 2. The van der Waals surface area contributed by atoms with Crippen LogP contribution in [0.2, 0.25) is 0 Å². The lowest BCUT2D eigenvalue weighted by molar-refractivity contribution is -0.114. The normalized spacial score (nSPS) is 11.3. The van der Waals surface area contributed by atoms with Gasteiger partial charge in [-0.2, -0.15) is 0 Å². The fourth-order valence-corrected chi connectivity index (χ4v) is 3.35. The van der Waals surface area contributed by atoms with Crippen LogP contribution in [0.15, 0.2) is 70.3 Å². The summed E-state index contributed by atoms with van der Waals surface area (Å²) in [5.41, 5.74) is 6.12. The first-order valence-corrected chi connectivity index (χ1v) is 10.7. The number of carbonyl (C=O) groups is 1. The van der Waals surface area contributed by atoms with Crippen LogP contribution < -0.4 is 21.9 Å². The van der Waals surface area contributed by atoms with Crippen molar-refractivity contribution in [3.63, 3.8) is 0 Å². The highest BCUT2D eigenvalue weighted by Crippen LogP contribution is 2.20. The van der Waals surface area contributed by atoms with E-state index in [1.807, 2.05) is 44.2 Å². The Morgan fingerprint density at radius 2 is 1.88 bits per heavy atom. The van der Waals surface area contributed by atoms with Gasteiger partial charge in [-0.15, -0.1) is 0 Å². The number of amides is 1. The number of nitrogen functional groups attached to an aromatic ring is 1. The lowest BCUT2D eigenvalue weighted by Gasteiger charge is -2.24. The monoisotopic (exact) mass is 450 g/mol. The lowest BCUT2D eigenvalue weighted by atomic mass is 10.1. The highest BCUT2D eigenvalue weighted by atomic mass is 19.1. The van der Waals surface area contributed by atoms with Gasteiger partial charge in [0.1, 0.15) is 11.6 Å². The predicted octanol–water partition coefficient (Wildman–Crippen LogP) is 3.40. The number of nitrogens with zero attached hydrogens (tertiary/aromatic N) is 2. The summed E-state index contributed by atoms with van der Waals surface area (Å²) < 4.78 is 14.7. The number of hydrogen-bond donors (Lipinski definition) is 2. The largest absolute Gasteiger partial charge is 0.383 e. The quantitative estimate of drug-likeness (QED) is 0.514. The summed E-state index contributed by atoms with van der Waals surface area (Å²) in [4.78, 5) is 41.9. The third kappa shape index (κ3) is 6.06. The van der Waals surface area contributed by atoms with E-state index >= 15 is 0 Å². The van der Waals surface area contributed by atoms with E-state index in [-0.39, 0.29) is 30.5 Å². The summed E-state index contributed by atoms with van der Waals surface area (Å²) in [7, 11) is 0. The van der Waals surface area contributed by atoms with Gasteiger partial charge >= 0.3 is 5.69 Å². The number of rotatable bonds is 8. The summed E-state index contributed by atoms with van der Waals surface area (Å²) in [5, 5.41) is 0. The minimum Gasteiger partial charge on any atom is -0.383 e. The van der Waals surface area contributed by atoms with Gasteiger partial charge in [-0.05, 0) is 41.7 Å². The molecule has 1 amide bonds. The molecule has 0 aliphatic carbocycles. The molecule has 0 spiro atoms. The second kappa shape index (κ2) is 10.6. The second-order valence-corrected chi connectivity index (χ2v) is 8.13. The van der Waals surface area contributed by atoms with Gasteiger partial charge in [0.25, 0.3) is 11.5 Å². The van der Waals surface area contributed by atoms with Gasteiger partial charge in [0.2, 0.25) is 0 Å². The maximum absolute atomic E-state index is 13.5. The molecule has 0 radical (unpaired) electrons. The van der Waals surface area contributed by atoms with Crippen molar-refractivity contribution < 1.29 is 9.18 Å². The molecule has 3 aromatic rings. The maximum atomic E-state index is 13.5. The highest BCUT2D eigenvalue weighted by molar-refractivity contribution is 6.05. The molecule has 0 fully saturated rings. The summed E-state index contributed by atoms with van der Waals surface area (Å²) in [6.07, 6.45) is 3.34. The molecule has 0 aliphatic heterocycles. The fourth-order valence-electron chi connectivity index (χ4n) is 3.35. The minimum absolute atomic E-state index is 0.0833. The van der Waals surface area contributed by atoms with E-state index in [1.54, 1.807) is 6.07 Å². The molecule has 0 unspecified atom stereocenters. The van der Waals surface area contributed by atoms with Crippen molar-refractivity contribution >= 4 is 23.5 Å². The van der Waals surface area contributed by atoms with E-state index in [1.165, 1.54) is 39.8 Å². The number of anilines is 2. The third-order valence-electron chi connectivity index (χ3n) is 5.13. The van der Waals surface area contributed by atoms with Crippen LogP contribution >= 0.6 is 0 Å². The average molecular weight is 451 g/mol. The zero-order valence-corrected chi connectivity index (χ0v) is 18.6. The zero-order chi connectivity index (χ0) is 24.0. The molecule has 3 rings (SSSR count). The van der Waals surface area contributed by atoms with Crippen molar-refractivity contribution in [3.05, 3.63) is 98.5 Å². The van der Waals surface area contributed by atoms with E-state index in [0.29, 0.717) is 12.0 Å². The Labute approximate surface area is 191 Å². The minimum atomic E-state index is -0.738. The number of carbonyl (C=O) groups excluding carboxylic acids is 1. The Balaban J connectivity index is 2.02. The van der Waals surface area contributed by atoms with Gasteiger partial charge in [-0.3, -0.25) is 19.1 Å². The Kier molecular flexibility index (Phi) is 7.61. The number of aromatic amines is 1. The second-order valence-electron chi connectivity index (χ2n) is 8.13. The molecule has 3 N–H and O–H groups in total. The molecule has 0 atom stereocenters. The molecule has 0 bridgehead atoms. The standard InChI is InChI=1S/C25H27FN4O3/c1-17(2)13-14-29(21(31)12-11-18-9-6-10-20(26)15-18)22-23(27)30(25(33)28-24(22)32)16-19-7-4-3-5-8-19/h3-12,15,17H,13-14,16,27H2,1-2H3,(H,28,32,33)/b12-11+. The molecule has 1 aromatic heterocycles. The first-order chi connectivity index (χ1) is 15.8. The lowest BCUT2D eigenvalue weighted by Crippen LogP contribution is -2.41. The summed E-state index contributed by atoms with van der Waals surface area (Å²) >= 11 is 0. The molecular weight excluding hydrogens is 423 g/mol. The van der Waals surface area contributed by atoms with Gasteiger partial charge in [-0.25, -0.2) is 9.18 Å². The molecule has 0 aliphatic rings. The van der Waals surface area contributed by atoms with E-state index in [0.717, 1.165) is 5.56 Å². The molecule has 2 aromatic carbocycles. The van der Waals surface area contributed by atoms with Crippen LogP contribution in [0.25, 0.3) is 6.08 Å². The Morgan fingerprint density at radius 1 is 1.15 bits per heavy atom. The predicted molar refractivity (Wildman–Crippen MR) is 129 cm³/mol. The van der Waals surface area contributed by atoms with E-state index in [2.05, 4.69) is 4.98 Å². The van der Waals surface area contributed by atoms with Crippen molar-refractivity contribution in [2.24, 2.45) is 5.92 Å². The molecule has 0 saturated heterocycles. The van der Waals surface area contributed by atoms with Crippen LogP contribution in [-0.4, -0.2) is 22.0 Å². The summed E-state index contributed by atoms with van der Waals surface area (Å²) in [6.45, 7) is 4.35. The average Bonchev–Trinajstić information content (AvgIpc) is 2.77. The number of nitrogens with one attached hydrogen (secondary N) is 1. The van der Waals surface area contributed by atoms with Crippen molar-refractivity contribution in [2.75, 3.05) is 17.2 Å². The third-order valence-corrected chi connectivity index (χ3v) is 5.13. The summed E-state index contributed by atoms with van der Waals surface area (Å²) in [5.74, 6) is -0.760. The SMILES string of the molecule is CC(C)CCN(C(=O)/C=C/c1cccc(F)c1)c1c(N)n(Cc2ccccc2)c(=O)[nH]c1=O. The molecule has 172 valence electrons. The number of aromatic nitrogens is 2. The van der Waals surface area contributed by atoms with Crippen LogP contribution in [0, 0.1) is 11.7 Å². The summed E-state index contributed by atoms with van der Waals surface area (Å²) in [6, 6.07) is 15.0. The molecule has 0 saturated carbocycles. The first kappa shape index (κ1) is 23.7. The number of hydrogen-bond acceptors (Lipinski definition) is 4. The first-order valence-electron chi connectivity index (χ1n) is 10.7. The molecule has 7 nitrogen and oxygen atoms in total. The number of halogens is 1. The molecule has 1 heterocycles. The molecule has 33 heavy (non-hydrogen) atoms. The van der Waals surface area contributed by atoms with Gasteiger partial charge in [-0.1, -0.05) is 56.3 Å². The Bertz CT molecular complexity index is 1260. The Hall–Kier alpha value is -3.94. The van der Waals surface area contributed by atoms with Gasteiger partial charge in [0, 0.05) is 12.6 Å². The Morgan fingerprint density at radius 3 is 2.55 bits per heavy atom. The van der Waals surface area contributed by atoms with Crippen molar-refractivity contribution in [1.29, 1.82) is 0 Å². The van der Waals surface area contributed by atoms with Crippen molar-refractivity contribution in [3.8, 4) is 0 Å². The molecule has 8 heteroatoms. The number of H-pyrrole nitrogens is 1. The van der Waals surface area contributed by atoms with Gasteiger partial charge in [0.05, 0.1) is 6.54 Å². The van der Waals surface area contributed by atoms with Crippen LogP contribution in [0.4, 0.5) is 15.9 Å². The van der Waals surface area contributed by atoms with Crippen molar-refractivity contribution in [2.45, 2.75) is 26.8 Å². The van der Waals surface area contributed by atoms with Crippen LogP contribution in [0.1, 0.15) is 31.4 Å². The van der Waals surface area contributed by atoms with Crippen LogP contribution in [0.5, 0.6) is 0 Å². The maximum Gasteiger partial charge on any atom is 0.330 e. The highest BCUT2D eigenvalue weighted by Gasteiger charge is 2.23. The smallest absolute Gasteiger partial charge is 0.330 e. The van der Waals surface area contributed by atoms with Crippen molar-refractivity contribution in [1.82, 2.24) is 9.55 Å². The van der Waals surface area contributed by atoms with Crippen LogP contribution in [-0.2, 0) is 11.3 Å². The van der Waals surface area contributed by atoms with Crippen LogP contribution in [0.3, 0.4) is 0 Å². The van der Waals surface area contributed by atoms with E-state index in [4.69, 9.17) is 5.73 Å². The van der Waals surface area contributed by atoms with Gasteiger partial charge < -0.3 is 10.6 Å². The number of nitrogens with two attached hydrogens (primary N) is 1. The van der Waals surface area contributed by atoms with E-state index < -0.39 is 23.0 Å². The van der Waals surface area contributed by atoms with Gasteiger partial charge in [0.15, 0.2) is 5.69 Å². The van der Waals surface area contributed by atoms with E-state index in [9.17, 15) is 18.8 Å². The molecular formula is C25H27FN4O3.